The van der Waals surface area contributed by atoms with Gasteiger partial charge < -0.3 is 10.2 Å². The first-order valence-electron chi connectivity index (χ1n) is 6.57. The Labute approximate surface area is 152 Å². The van der Waals surface area contributed by atoms with Crippen molar-refractivity contribution in [1.82, 2.24) is 0 Å². The van der Waals surface area contributed by atoms with Crippen molar-refractivity contribution in [2.24, 2.45) is 0 Å². The molecule has 0 saturated heterocycles. The van der Waals surface area contributed by atoms with Crippen molar-refractivity contribution in [3.63, 3.8) is 0 Å². The van der Waals surface area contributed by atoms with E-state index >= 15 is 0 Å². The number of hydrogen-bond donors (Lipinski definition) is 1. The van der Waals surface area contributed by atoms with Crippen LogP contribution in [0.15, 0.2) is 40.9 Å². The number of amides is 1. The highest BCUT2D eigenvalue weighted by Gasteiger charge is 2.13. The van der Waals surface area contributed by atoms with Crippen molar-refractivity contribution in [3.8, 4) is 6.07 Å². The molecule has 1 amide bonds. The summed E-state index contributed by atoms with van der Waals surface area (Å²) < 4.78 is 0.739. The maximum absolute atomic E-state index is 12.2. The van der Waals surface area contributed by atoms with E-state index in [4.69, 9.17) is 28.5 Å². The second-order valence-electron chi connectivity index (χ2n) is 4.78. The van der Waals surface area contributed by atoms with E-state index < -0.39 is 0 Å². The van der Waals surface area contributed by atoms with Crippen molar-refractivity contribution in [2.75, 3.05) is 23.8 Å². The molecule has 2 rings (SSSR count). The highest BCUT2D eigenvalue weighted by atomic mass is 79.9. The molecule has 0 saturated carbocycles. The van der Waals surface area contributed by atoms with E-state index in [1.807, 2.05) is 0 Å². The van der Waals surface area contributed by atoms with E-state index in [1.165, 1.54) is 0 Å². The van der Waals surface area contributed by atoms with Crippen molar-refractivity contribution < 1.29 is 4.79 Å². The molecule has 23 heavy (non-hydrogen) atoms. The normalized spacial score (nSPS) is 10.0. The lowest BCUT2D eigenvalue weighted by atomic mass is 10.2. The maximum atomic E-state index is 12.2. The van der Waals surface area contributed by atoms with Gasteiger partial charge in [-0.15, -0.1) is 0 Å². The van der Waals surface area contributed by atoms with E-state index in [0.29, 0.717) is 21.3 Å². The number of nitriles is 1. The number of para-hydroxylation sites is 1. The molecule has 118 valence electrons. The third-order valence-electron chi connectivity index (χ3n) is 3.10. The lowest BCUT2D eigenvalue weighted by molar-refractivity contribution is -0.114. The number of hydrogen-bond acceptors (Lipinski definition) is 3. The Morgan fingerprint density at radius 2 is 1.96 bits per heavy atom. The number of anilines is 2. The predicted octanol–water partition coefficient (Wildman–Crippen LogP) is 4.70. The van der Waals surface area contributed by atoms with Crippen molar-refractivity contribution in [1.29, 1.82) is 5.26 Å². The van der Waals surface area contributed by atoms with Gasteiger partial charge in [-0.1, -0.05) is 29.3 Å². The molecule has 0 aromatic heterocycles. The van der Waals surface area contributed by atoms with Gasteiger partial charge in [0.1, 0.15) is 0 Å². The average Bonchev–Trinajstić information content (AvgIpc) is 2.50. The van der Waals surface area contributed by atoms with Gasteiger partial charge in [-0.3, -0.25) is 4.79 Å². The summed E-state index contributed by atoms with van der Waals surface area (Å²) in [6, 6.07) is 12.3. The predicted molar refractivity (Wildman–Crippen MR) is 97.2 cm³/mol. The summed E-state index contributed by atoms with van der Waals surface area (Å²) in [5, 5.41) is 12.4. The van der Waals surface area contributed by atoms with Crippen LogP contribution in [-0.2, 0) is 4.79 Å². The van der Waals surface area contributed by atoms with E-state index in [-0.39, 0.29) is 12.5 Å². The Hall–Kier alpha value is -1.74. The van der Waals surface area contributed by atoms with Crippen molar-refractivity contribution >= 4 is 56.4 Å². The highest BCUT2D eigenvalue weighted by molar-refractivity contribution is 9.10. The SMILES string of the molecule is CN(CC(=O)Nc1c(Cl)cccc1Cl)c1ccc(C#N)cc1Br. The first-order valence-corrected chi connectivity index (χ1v) is 8.12. The summed E-state index contributed by atoms with van der Waals surface area (Å²) in [5.41, 5.74) is 1.74. The van der Waals surface area contributed by atoms with Crippen LogP contribution in [-0.4, -0.2) is 19.5 Å². The van der Waals surface area contributed by atoms with E-state index in [1.54, 1.807) is 48.3 Å². The van der Waals surface area contributed by atoms with Gasteiger partial charge in [0.15, 0.2) is 0 Å². The average molecular weight is 413 g/mol. The van der Waals surface area contributed by atoms with Crippen LogP contribution in [0.4, 0.5) is 11.4 Å². The van der Waals surface area contributed by atoms with Crippen molar-refractivity contribution in [2.45, 2.75) is 0 Å². The van der Waals surface area contributed by atoms with Crippen LogP contribution in [0.3, 0.4) is 0 Å². The van der Waals surface area contributed by atoms with Gasteiger partial charge in [-0.25, -0.2) is 0 Å². The quantitative estimate of drug-likeness (QED) is 0.791. The monoisotopic (exact) mass is 411 g/mol. The van der Waals surface area contributed by atoms with Crippen LogP contribution in [0.1, 0.15) is 5.56 Å². The lowest BCUT2D eigenvalue weighted by Gasteiger charge is -2.20. The number of rotatable bonds is 4. The molecular weight excluding hydrogens is 401 g/mol. The van der Waals surface area contributed by atoms with Gasteiger partial charge in [0.25, 0.3) is 0 Å². The van der Waals surface area contributed by atoms with Gasteiger partial charge in [0.2, 0.25) is 5.91 Å². The standard InChI is InChI=1S/C16H12BrCl2N3O/c1-22(14-6-5-10(8-20)7-11(14)17)9-15(23)21-16-12(18)3-2-4-13(16)19/h2-7H,9H2,1H3,(H,21,23). The molecule has 0 bridgehead atoms. The van der Waals surface area contributed by atoms with Crippen LogP contribution in [0.2, 0.25) is 10.0 Å². The Bertz CT molecular complexity index is 769. The Kier molecular flexibility index (Phi) is 5.89. The second kappa shape index (κ2) is 7.69. The van der Waals surface area contributed by atoms with Gasteiger partial charge in [-0.2, -0.15) is 5.26 Å². The summed E-state index contributed by atoms with van der Waals surface area (Å²) in [7, 11) is 1.78. The third-order valence-corrected chi connectivity index (χ3v) is 4.36. The Morgan fingerprint density at radius 1 is 1.30 bits per heavy atom. The summed E-state index contributed by atoms with van der Waals surface area (Å²) in [6.45, 7) is 0.103. The zero-order valence-corrected chi connectivity index (χ0v) is 15.2. The fourth-order valence-corrected chi connectivity index (χ4v) is 3.16. The summed E-state index contributed by atoms with van der Waals surface area (Å²) in [5.74, 6) is -0.251. The number of nitrogens with one attached hydrogen (secondary N) is 1. The molecule has 0 spiro atoms. The zero-order chi connectivity index (χ0) is 17.0. The molecule has 0 fully saturated rings. The lowest BCUT2D eigenvalue weighted by Crippen LogP contribution is -2.30. The number of likely N-dealkylation sites (N-methyl/N-ethyl adjacent to an activating group) is 1. The minimum Gasteiger partial charge on any atom is -0.364 e. The van der Waals surface area contributed by atoms with E-state index in [0.717, 1.165) is 10.2 Å². The van der Waals surface area contributed by atoms with Gasteiger partial charge in [0, 0.05) is 11.5 Å². The third kappa shape index (κ3) is 4.38. The maximum Gasteiger partial charge on any atom is 0.243 e. The highest BCUT2D eigenvalue weighted by Crippen LogP contribution is 2.30. The smallest absolute Gasteiger partial charge is 0.243 e. The first kappa shape index (κ1) is 17.6. The Balaban J connectivity index is 2.10. The first-order chi connectivity index (χ1) is 10.9. The summed E-state index contributed by atoms with van der Waals surface area (Å²) >= 11 is 15.5. The van der Waals surface area contributed by atoms with Gasteiger partial charge in [0.05, 0.1) is 39.6 Å². The zero-order valence-electron chi connectivity index (χ0n) is 12.1. The molecule has 0 aliphatic carbocycles. The number of carbonyl (C=O) groups excluding carboxylic acids is 1. The molecule has 2 aromatic carbocycles. The molecule has 0 aliphatic rings. The molecule has 0 radical (unpaired) electrons. The molecule has 0 atom stereocenters. The molecule has 2 aromatic rings. The van der Waals surface area contributed by atoms with E-state index in [2.05, 4.69) is 27.3 Å². The van der Waals surface area contributed by atoms with Crippen LogP contribution < -0.4 is 10.2 Å². The second-order valence-corrected chi connectivity index (χ2v) is 6.45. The molecule has 0 heterocycles. The topological polar surface area (TPSA) is 56.1 Å². The van der Waals surface area contributed by atoms with Crippen LogP contribution in [0.5, 0.6) is 0 Å². The molecule has 0 aliphatic heterocycles. The van der Waals surface area contributed by atoms with E-state index in [9.17, 15) is 4.79 Å². The van der Waals surface area contributed by atoms with Crippen LogP contribution >= 0.6 is 39.1 Å². The number of halogens is 3. The largest absolute Gasteiger partial charge is 0.364 e. The molecular formula is C16H12BrCl2N3O. The fraction of sp³-hybridized carbons (Fsp3) is 0.125. The number of nitrogens with zero attached hydrogens (tertiary/aromatic N) is 2. The fourth-order valence-electron chi connectivity index (χ4n) is 1.98. The Morgan fingerprint density at radius 3 is 2.52 bits per heavy atom. The summed E-state index contributed by atoms with van der Waals surface area (Å²) in [6.07, 6.45) is 0. The molecule has 0 unspecified atom stereocenters. The number of carbonyl (C=O) groups is 1. The van der Waals surface area contributed by atoms with Gasteiger partial charge >= 0.3 is 0 Å². The van der Waals surface area contributed by atoms with Crippen LogP contribution in [0.25, 0.3) is 0 Å². The van der Waals surface area contributed by atoms with Crippen molar-refractivity contribution in [3.05, 3.63) is 56.5 Å². The minimum atomic E-state index is -0.251. The minimum absolute atomic E-state index is 0.103. The number of benzene rings is 2. The molecule has 4 nitrogen and oxygen atoms in total. The van der Waals surface area contributed by atoms with Crippen LogP contribution in [0, 0.1) is 11.3 Å². The van der Waals surface area contributed by atoms with Gasteiger partial charge in [-0.05, 0) is 46.3 Å². The summed E-state index contributed by atoms with van der Waals surface area (Å²) in [4.78, 5) is 14.0. The molecule has 7 heteroatoms. The molecule has 1 N–H and O–H groups in total.